The Balaban J connectivity index is 2.08. The molecule has 0 fully saturated rings. The molecule has 0 radical (unpaired) electrons. The summed E-state index contributed by atoms with van der Waals surface area (Å²) in [6.07, 6.45) is 1.15. The van der Waals surface area contributed by atoms with Crippen LogP contribution in [0.4, 0.5) is 0 Å². The monoisotopic (exact) mass is 365 g/mol. The van der Waals surface area contributed by atoms with Gasteiger partial charge in [-0.1, -0.05) is 99.3 Å². The molecule has 2 nitrogen and oxygen atoms in total. The fourth-order valence-electron chi connectivity index (χ4n) is 4.36. The lowest BCUT2D eigenvalue weighted by atomic mass is 9.63. The maximum absolute atomic E-state index is 5.96. The minimum atomic E-state index is -1.20. The van der Waals surface area contributed by atoms with E-state index in [1.165, 1.54) is 16.8 Å². The molecule has 0 saturated carbocycles. The van der Waals surface area contributed by atoms with E-state index < -0.39 is 8.07 Å². The van der Waals surface area contributed by atoms with Crippen LogP contribution in [0.25, 0.3) is 0 Å². The van der Waals surface area contributed by atoms with Gasteiger partial charge < -0.3 is 4.84 Å². The molecule has 1 heterocycles. The predicted molar refractivity (Wildman–Crippen MR) is 114 cm³/mol. The van der Waals surface area contributed by atoms with Crippen LogP contribution in [0.1, 0.15) is 31.4 Å². The highest BCUT2D eigenvalue weighted by Gasteiger charge is 2.46. The van der Waals surface area contributed by atoms with Crippen LogP contribution in [0.2, 0.25) is 25.7 Å². The van der Waals surface area contributed by atoms with Gasteiger partial charge in [0.2, 0.25) is 0 Å². The summed E-state index contributed by atoms with van der Waals surface area (Å²) in [6.45, 7) is 11.8. The normalized spacial score (nSPS) is 17.9. The van der Waals surface area contributed by atoms with Gasteiger partial charge in [0.25, 0.3) is 0 Å². The summed E-state index contributed by atoms with van der Waals surface area (Å²) in [7, 11) is -1.20. The summed E-state index contributed by atoms with van der Waals surface area (Å²) in [5.41, 5.74) is 3.54. The lowest BCUT2D eigenvalue weighted by Crippen LogP contribution is -2.42. The number of hydrogen-bond acceptors (Lipinski definition) is 2. The van der Waals surface area contributed by atoms with E-state index in [4.69, 9.17) is 4.84 Å². The Morgan fingerprint density at radius 2 is 1.46 bits per heavy atom. The molecule has 3 heteroatoms. The van der Waals surface area contributed by atoms with Crippen molar-refractivity contribution >= 4 is 13.8 Å². The molecule has 1 aliphatic heterocycles. The molecule has 0 saturated heterocycles. The van der Waals surface area contributed by atoms with E-state index in [9.17, 15) is 0 Å². The highest BCUT2D eigenvalue weighted by molar-refractivity contribution is 6.76. The van der Waals surface area contributed by atoms with Gasteiger partial charge in [-0.25, -0.2) is 0 Å². The van der Waals surface area contributed by atoms with Gasteiger partial charge in [0.15, 0.2) is 0 Å². The Kier molecular flexibility index (Phi) is 5.38. The molecule has 2 aromatic carbocycles. The van der Waals surface area contributed by atoms with Crippen LogP contribution < -0.4 is 0 Å². The summed E-state index contributed by atoms with van der Waals surface area (Å²) in [6, 6.07) is 22.8. The van der Waals surface area contributed by atoms with Crippen LogP contribution >= 0.6 is 0 Å². The third-order valence-electron chi connectivity index (χ3n) is 5.35. The quantitative estimate of drug-likeness (QED) is 0.566. The zero-order valence-electron chi connectivity index (χ0n) is 16.7. The molecule has 0 aliphatic carbocycles. The Hall–Kier alpha value is -1.87. The summed E-state index contributed by atoms with van der Waals surface area (Å²) in [5.74, 6) is 0.375. The molecule has 0 aromatic heterocycles. The first-order valence-electron chi connectivity index (χ1n) is 9.68. The molecule has 0 bridgehead atoms. The van der Waals surface area contributed by atoms with E-state index in [-0.39, 0.29) is 11.5 Å². The predicted octanol–water partition coefficient (Wildman–Crippen LogP) is 6.11. The van der Waals surface area contributed by atoms with Crippen molar-refractivity contribution < 1.29 is 4.84 Å². The molecule has 1 aliphatic rings. The summed E-state index contributed by atoms with van der Waals surface area (Å²) >= 11 is 0. The van der Waals surface area contributed by atoms with Crippen molar-refractivity contribution in [1.29, 1.82) is 0 Å². The second-order valence-electron chi connectivity index (χ2n) is 8.93. The van der Waals surface area contributed by atoms with Crippen LogP contribution in [0.15, 0.2) is 65.8 Å². The second kappa shape index (κ2) is 7.40. The lowest BCUT2D eigenvalue weighted by Gasteiger charge is -2.38. The van der Waals surface area contributed by atoms with Gasteiger partial charge in [-0.3, -0.25) is 0 Å². The van der Waals surface area contributed by atoms with Crippen molar-refractivity contribution in [3.05, 3.63) is 71.8 Å². The third kappa shape index (κ3) is 3.63. The van der Waals surface area contributed by atoms with Crippen LogP contribution in [-0.2, 0) is 10.3 Å². The van der Waals surface area contributed by atoms with Crippen molar-refractivity contribution in [3.8, 4) is 0 Å². The standard InChI is InChI=1S/C23H31NOSi/c1-18(2)23(19-12-8-6-9-13-19,20-14-10-7-11-15-20)22-16-21(25-24-22)17-26(3,4)5/h6-15,18,21H,16-17H2,1-5H3. The average molecular weight is 366 g/mol. The molecule has 0 N–H and O–H groups in total. The molecule has 0 amide bonds. The van der Waals surface area contributed by atoms with Crippen LogP contribution in [0.5, 0.6) is 0 Å². The highest BCUT2D eigenvalue weighted by Crippen LogP contribution is 2.44. The summed E-state index contributed by atoms with van der Waals surface area (Å²) in [4.78, 5) is 5.96. The Morgan fingerprint density at radius 1 is 0.962 bits per heavy atom. The number of oxime groups is 1. The van der Waals surface area contributed by atoms with Crippen LogP contribution in [-0.4, -0.2) is 19.9 Å². The van der Waals surface area contributed by atoms with Crippen molar-refractivity contribution in [3.63, 3.8) is 0 Å². The summed E-state index contributed by atoms with van der Waals surface area (Å²) in [5, 5.41) is 4.69. The highest BCUT2D eigenvalue weighted by atomic mass is 28.3. The minimum Gasteiger partial charge on any atom is -0.392 e. The average Bonchev–Trinajstić information content (AvgIpc) is 3.04. The van der Waals surface area contributed by atoms with Crippen molar-refractivity contribution in [2.24, 2.45) is 11.1 Å². The zero-order valence-corrected chi connectivity index (χ0v) is 17.7. The van der Waals surface area contributed by atoms with Gasteiger partial charge in [-0.15, -0.1) is 0 Å². The molecule has 2 aromatic rings. The molecule has 26 heavy (non-hydrogen) atoms. The zero-order chi connectivity index (χ0) is 18.8. The van der Waals surface area contributed by atoms with E-state index in [2.05, 4.69) is 99.3 Å². The number of rotatable bonds is 6. The first kappa shape index (κ1) is 18.9. The Labute approximate surface area is 159 Å². The van der Waals surface area contributed by atoms with Gasteiger partial charge in [0.1, 0.15) is 6.10 Å². The Morgan fingerprint density at radius 3 is 1.88 bits per heavy atom. The van der Waals surface area contributed by atoms with Gasteiger partial charge in [-0.05, 0) is 23.1 Å². The first-order valence-corrected chi connectivity index (χ1v) is 13.4. The number of hydrogen-bond donors (Lipinski definition) is 0. The van der Waals surface area contributed by atoms with Gasteiger partial charge in [-0.2, -0.15) is 0 Å². The van der Waals surface area contributed by atoms with Crippen molar-refractivity contribution in [1.82, 2.24) is 0 Å². The fourth-order valence-corrected chi connectivity index (χ4v) is 5.94. The fraction of sp³-hybridized carbons (Fsp3) is 0.435. The number of nitrogens with zero attached hydrogens (tertiary/aromatic N) is 1. The molecule has 0 spiro atoms. The first-order chi connectivity index (χ1) is 12.3. The Bertz CT molecular complexity index is 707. The van der Waals surface area contributed by atoms with E-state index in [1.54, 1.807) is 0 Å². The summed E-state index contributed by atoms with van der Waals surface area (Å²) < 4.78 is 0. The van der Waals surface area contributed by atoms with E-state index in [0.29, 0.717) is 5.92 Å². The molecule has 138 valence electrons. The van der Waals surface area contributed by atoms with Crippen LogP contribution in [0.3, 0.4) is 0 Å². The van der Waals surface area contributed by atoms with Crippen molar-refractivity contribution in [2.45, 2.75) is 57.5 Å². The number of benzene rings is 2. The van der Waals surface area contributed by atoms with Crippen molar-refractivity contribution in [2.75, 3.05) is 0 Å². The van der Waals surface area contributed by atoms with Gasteiger partial charge >= 0.3 is 0 Å². The minimum absolute atomic E-state index is 0.224. The van der Waals surface area contributed by atoms with Crippen LogP contribution in [0, 0.1) is 5.92 Å². The van der Waals surface area contributed by atoms with Gasteiger partial charge in [0.05, 0.1) is 11.1 Å². The molecule has 1 atom stereocenters. The van der Waals surface area contributed by atoms with Gasteiger partial charge in [0, 0.05) is 14.5 Å². The maximum Gasteiger partial charge on any atom is 0.130 e. The molecular weight excluding hydrogens is 334 g/mol. The smallest absolute Gasteiger partial charge is 0.130 e. The SMILES string of the molecule is CC(C)C(C1=NOC(C[Si](C)(C)C)C1)(c1ccccc1)c1ccccc1. The lowest BCUT2D eigenvalue weighted by molar-refractivity contribution is 0.0983. The third-order valence-corrected chi connectivity index (χ3v) is 7.03. The topological polar surface area (TPSA) is 21.6 Å². The van der Waals surface area contributed by atoms with E-state index >= 15 is 0 Å². The molecular formula is C23H31NOSi. The molecule has 1 unspecified atom stereocenters. The van der Waals surface area contributed by atoms with E-state index in [1.807, 2.05) is 0 Å². The maximum atomic E-state index is 5.96. The second-order valence-corrected chi connectivity index (χ2v) is 14.5. The van der Waals surface area contributed by atoms with E-state index in [0.717, 1.165) is 12.5 Å². The molecule has 3 rings (SSSR count). The largest absolute Gasteiger partial charge is 0.392 e.